The smallest absolute Gasteiger partial charge is 0.253 e. The molecule has 0 spiro atoms. The van der Waals surface area contributed by atoms with E-state index in [-0.39, 0.29) is 17.5 Å². The van der Waals surface area contributed by atoms with Crippen molar-refractivity contribution in [1.29, 1.82) is 0 Å². The van der Waals surface area contributed by atoms with Gasteiger partial charge in [-0.2, -0.15) is 0 Å². The Labute approximate surface area is 131 Å². The van der Waals surface area contributed by atoms with Gasteiger partial charge in [0.05, 0.1) is 16.3 Å². The minimum atomic E-state index is -0.137. The van der Waals surface area contributed by atoms with Gasteiger partial charge in [-0.05, 0) is 45.7 Å². The molecule has 1 aliphatic rings. The topological polar surface area (TPSA) is 58.4 Å². The minimum absolute atomic E-state index is 0.137. The molecule has 0 aliphatic carbocycles. The Morgan fingerprint density at radius 3 is 2.52 bits per heavy atom. The van der Waals surface area contributed by atoms with Crippen LogP contribution in [-0.2, 0) is 0 Å². The summed E-state index contributed by atoms with van der Waals surface area (Å²) < 4.78 is 0. The summed E-state index contributed by atoms with van der Waals surface area (Å²) in [6.07, 6.45) is 1.92. The molecular formula is C16H24ClN3O. The molecule has 3 N–H and O–H groups in total. The highest BCUT2D eigenvalue weighted by Crippen LogP contribution is 2.24. The Kier molecular flexibility index (Phi) is 4.79. The van der Waals surface area contributed by atoms with Gasteiger partial charge in [0.1, 0.15) is 0 Å². The lowest BCUT2D eigenvalue weighted by atomic mass is 9.98. The molecule has 1 heterocycles. The van der Waals surface area contributed by atoms with E-state index in [1.54, 1.807) is 18.2 Å². The van der Waals surface area contributed by atoms with E-state index in [1.807, 2.05) is 0 Å². The molecule has 0 saturated carbocycles. The number of carbonyl (C=O) groups is 1. The second-order valence-electron chi connectivity index (χ2n) is 6.61. The lowest BCUT2D eigenvalue weighted by Gasteiger charge is -2.41. The molecule has 2 rings (SSSR count). The van der Waals surface area contributed by atoms with E-state index >= 15 is 0 Å². The second kappa shape index (κ2) is 6.24. The van der Waals surface area contributed by atoms with Gasteiger partial charge >= 0.3 is 0 Å². The first-order chi connectivity index (χ1) is 9.79. The molecule has 4 nitrogen and oxygen atoms in total. The summed E-state index contributed by atoms with van der Waals surface area (Å²) in [5.74, 6) is -0.137. The van der Waals surface area contributed by atoms with E-state index in [1.165, 1.54) is 0 Å². The molecule has 0 radical (unpaired) electrons. The molecule has 1 amide bonds. The van der Waals surface area contributed by atoms with Gasteiger partial charge in [0.2, 0.25) is 0 Å². The van der Waals surface area contributed by atoms with Crippen molar-refractivity contribution in [2.75, 3.05) is 18.8 Å². The van der Waals surface area contributed by atoms with E-state index in [0.717, 1.165) is 25.9 Å². The van der Waals surface area contributed by atoms with Crippen molar-refractivity contribution in [3.8, 4) is 0 Å². The Morgan fingerprint density at radius 1 is 1.33 bits per heavy atom. The molecule has 5 heteroatoms. The first-order valence-corrected chi connectivity index (χ1v) is 7.76. The Morgan fingerprint density at radius 2 is 1.95 bits per heavy atom. The van der Waals surface area contributed by atoms with Crippen LogP contribution in [-0.4, -0.2) is 35.5 Å². The van der Waals surface area contributed by atoms with Gasteiger partial charge < -0.3 is 11.1 Å². The largest absolute Gasteiger partial charge is 0.398 e. The van der Waals surface area contributed by atoms with Crippen molar-refractivity contribution < 1.29 is 4.79 Å². The maximum atomic E-state index is 12.3. The summed E-state index contributed by atoms with van der Waals surface area (Å²) in [5, 5.41) is 3.40. The highest BCUT2D eigenvalue weighted by Gasteiger charge is 2.28. The number of likely N-dealkylation sites (tertiary alicyclic amines) is 1. The van der Waals surface area contributed by atoms with Crippen LogP contribution in [0.3, 0.4) is 0 Å². The van der Waals surface area contributed by atoms with Gasteiger partial charge in [-0.1, -0.05) is 17.7 Å². The van der Waals surface area contributed by atoms with Crippen molar-refractivity contribution in [2.45, 2.75) is 45.2 Å². The van der Waals surface area contributed by atoms with Gasteiger partial charge in [-0.15, -0.1) is 0 Å². The van der Waals surface area contributed by atoms with Crippen LogP contribution in [0.4, 0.5) is 5.69 Å². The lowest BCUT2D eigenvalue weighted by molar-refractivity contribution is 0.0813. The van der Waals surface area contributed by atoms with Gasteiger partial charge in [-0.25, -0.2) is 0 Å². The fourth-order valence-corrected chi connectivity index (χ4v) is 2.89. The fourth-order valence-electron chi connectivity index (χ4n) is 2.68. The van der Waals surface area contributed by atoms with E-state index in [2.05, 4.69) is 31.0 Å². The normalized spacial score (nSPS) is 17.7. The first kappa shape index (κ1) is 16.1. The number of nitrogens with zero attached hydrogens (tertiary/aromatic N) is 1. The maximum Gasteiger partial charge on any atom is 0.253 e. The van der Waals surface area contributed by atoms with Gasteiger partial charge in [0.25, 0.3) is 5.91 Å². The van der Waals surface area contributed by atoms with Gasteiger partial charge in [0, 0.05) is 24.7 Å². The predicted octanol–water partition coefficient (Wildman–Crippen LogP) is 2.91. The van der Waals surface area contributed by atoms with Crippen LogP contribution in [0.15, 0.2) is 18.2 Å². The fraction of sp³-hybridized carbons (Fsp3) is 0.562. The molecule has 0 unspecified atom stereocenters. The van der Waals surface area contributed by atoms with Crippen LogP contribution in [0, 0.1) is 0 Å². The van der Waals surface area contributed by atoms with Crippen LogP contribution in [0.5, 0.6) is 0 Å². The number of hydrogen-bond acceptors (Lipinski definition) is 3. The minimum Gasteiger partial charge on any atom is -0.398 e. The average molecular weight is 310 g/mol. The molecule has 1 saturated heterocycles. The van der Waals surface area contributed by atoms with Crippen molar-refractivity contribution in [3.63, 3.8) is 0 Å². The standard InChI is InChI=1S/C16H24ClN3O/c1-16(2,3)20-9-7-11(8-10-20)19-15(21)12-5-4-6-13(18)14(12)17/h4-6,11H,7-10,18H2,1-3H3,(H,19,21). The van der Waals surface area contributed by atoms with Crippen molar-refractivity contribution >= 4 is 23.2 Å². The van der Waals surface area contributed by atoms with Crippen LogP contribution in [0.25, 0.3) is 0 Å². The summed E-state index contributed by atoms with van der Waals surface area (Å²) >= 11 is 6.09. The van der Waals surface area contributed by atoms with E-state index in [0.29, 0.717) is 16.3 Å². The third-order valence-electron chi connectivity index (χ3n) is 4.05. The SMILES string of the molecule is CC(C)(C)N1CCC(NC(=O)c2cccc(N)c2Cl)CC1. The zero-order valence-corrected chi connectivity index (χ0v) is 13.7. The summed E-state index contributed by atoms with van der Waals surface area (Å²) in [6.45, 7) is 8.66. The number of rotatable bonds is 2. The average Bonchev–Trinajstić information content (AvgIpc) is 2.41. The zero-order chi connectivity index (χ0) is 15.6. The summed E-state index contributed by atoms with van der Waals surface area (Å²) in [7, 11) is 0. The van der Waals surface area contributed by atoms with Crippen molar-refractivity contribution in [2.24, 2.45) is 0 Å². The van der Waals surface area contributed by atoms with E-state index in [4.69, 9.17) is 17.3 Å². The van der Waals surface area contributed by atoms with Crippen molar-refractivity contribution in [3.05, 3.63) is 28.8 Å². The molecule has 1 aromatic rings. The number of amides is 1. The van der Waals surface area contributed by atoms with Crippen LogP contribution < -0.4 is 11.1 Å². The second-order valence-corrected chi connectivity index (χ2v) is 6.99. The number of nitrogen functional groups attached to an aromatic ring is 1. The predicted molar refractivity (Wildman–Crippen MR) is 87.7 cm³/mol. The molecule has 1 aliphatic heterocycles. The molecule has 0 bridgehead atoms. The Hall–Kier alpha value is -1.26. The number of carbonyl (C=O) groups excluding carboxylic acids is 1. The molecule has 1 aromatic carbocycles. The summed E-state index contributed by atoms with van der Waals surface area (Å²) in [6, 6.07) is 5.35. The summed E-state index contributed by atoms with van der Waals surface area (Å²) in [4.78, 5) is 14.7. The highest BCUT2D eigenvalue weighted by molar-refractivity contribution is 6.36. The maximum absolute atomic E-state index is 12.3. The van der Waals surface area contributed by atoms with Crippen LogP contribution in [0.2, 0.25) is 5.02 Å². The highest BCUT2D eigenvalue weighted by atomic mass is 35.5. The molecule has 0 atom stereocenters. The third-order valence-corrected chi connectivity index (χ3v) is 4.47. The molecule has 116 valence electrons. The number of halogens is 1. The van der Waals surface area contributed by atoms with Crippen LogP contribution in [0.1, 0.15) is 44.0 Å². The van der Waals surface area contributed by atoms with Gasteiger partial charge in [0.15, 0.2) is 0 Å². The molecule has 1 fully saturated rings. The first-order valence-electron chi connectivity index (χ1n) is 7.39. The molecular weight excluding hydrogens is 286 g/mol. The van der Waals surface area contributed by atoms with Crippen molar-refractivity contribution in [1.82, 2.24) is 10.2 Å². The van der Waals surface area contributed by atoms with Gasteiger partial charge in [-0.3, -0.25) is 9.69 Å². The quantitative estimate of drug-likeness (QED) is 0.826. The summed E-state index contributed by atoms with van der Waals surface area (Å²) in [5.41, 5.74) is 6.82. The number of piperidine rings is 1. The number of hydrogen-bond donors (Lipinski definition) is 2. The third kappa shape index (κ3) is 3.89. The van der Waals surface area contributed by atoms with E-state index < -0.39 is 0 Å². The van der Waals surface area contributed by atoms with Crippen LogP contribution >= 0.6 is 11.6 Å². The number of nitrogens with one attached hydrogen (secondary N) is 1. The Bertz CT molecular complexity index is 517. The zero-order valence-electron chi connectivity index (χ0n) is 12.9. The monoisotopic (exact) mass is 309 g/mol. The number of benzene rings is 1. The molecule has 21 heavy (non-hydrogen) atoms. The Balaban J connectivity index is 1.95. The lowest BCUT2D eigenvalue weighted by Crippen LogP contribution is -2.50. The molecule has 0 aromatic heterocycles. The number of anilines is 1. The van der Waals surface area contributed by atoms with E-state index in [9.17, 15) is 4.79 Å². The number of nitrogens with two attached hydrogens (primary N) is 1.